The molecular weight excluding hydrogens is 400 g/mol. The first-order chi connectivity index (χ1) is 11.7. The number of esters is 2. The van der Waals surface area contributed by atoms with Gasteiger partial charge in [-0.2, -0.15) is 11.8 Å². The van der Waals surface area contributed by atoms with Crippen LogP contribution in [0.15, 0.2) is 10.7 Å². The number of aliphatic hydroxyl groups excluding tert-OH is 1. The van der Waals surface area contributed by atoms with Crippen LogP contribution in [0.1, 0.15) is 6.92 Å². The summed E-state index contributed by atoms with van der Waals surface area (Å²) in [6.45, 7) is 3.44. The molecule has 0 aromatic rings. The Morgan fingerprint density at radius 3 is 2.31 bits per heavy atom. The average molecular weight is 429 g/mol. The Balaban J connectivity index is 0.00000625. The molecule has 1 aliphatic heterocycles. The van der Waals surface area contributed by atoms with Gasteiger partial charge in [0.1, 0.15) is 0 Å². The van der Waals surface area contributed by atoms with Crippen LogP contribution in [-0.4, -0.2) is 97.6 Å². The number of cyclic esters (lactones) is 1. The van der Waals surface area contributed by atoms with Gasteiger partial charge in [-0.3, -0.25) is 0 Å². The zero-order valence-corrected chi connectivity index (χ0v) is 18.4. The van der Waals surface area contributed by atoms with Gasteiger partial charge in [-0.25, -0.2) is 9.59 Å². The molecule has 0 bridgehead atoms. The lowest BCUT2D eigenvalue weighted by atomic mass is 10.1. The molecule has 0 amide bonds. The Bertz CT molecular complexity index is 517. The van der Waals surface area contributed by atoms with E-state index in [4.69, 9.17) is 9.47 Å². The van der Waals surface area contributed by atoms with Crippen LogP contribution in [0, 0.1) is 0 Å². The molecular formula is C16H29ClN2O5S2. The van der Waals surface area contributed by atoms with E-state index in [2.05, 4.69) is 0 Å². The van der Waals surface area contributed by atoms with Crippen molar-refractivity contribution in [2.45, 2.75) is 12.5 Å². The molecule has 1 N–H and O–H groups in total. The van der Waals surface area contributed by atoms with Crippen LogP contribution in [0.5, 0.6) is 0 Å². The second-order valence-corrected chi connectivity index (χ2v) is 8.33. The number of nitrogens with zero attached hydrogens (tertiary/aromatic N) is 2. The van der Waals surface area contributed by atoms with Gasteiger partial charge in [0.05, 0.1) is 11.5 Å². The molecule has 0 spiro atoms. The zero-order valence-electron chi connectivity index (χ0n) is 15.9. The lowest BCUT2D eigenvalue weighted by molar-refractivity contribution is -0.169. The van der Waals surface area contributed by atoms with Crippen molar-refractivity contribution in [3.05, 3.63) is 10.7 Å². The molecule has 0 saturated carbocycles. The van der Waals surface area contributed by atoms with Crippen LogP contribution in [0.2, 0.25) is 0 Å². The Labute approximate surface area is 170 Å². The molecule has 0 aromatic heterocycles. The number of aliphatic hydroxyl groups is 1. The topological polar surface area (TPSA) is 79.3 Å². The molecule has 0 fully saturated rings. The van der Waals surface area contributed by atoms with Gasteiger partial charge in [0, 0.05) is 30.3 Å². The molecule has 26 heavy (non-hydrogen) atoms. The molecule has 0 aliphatic carbocycles. The summed E-state index contributed by atoms with van der Waals surface area (Å²) in [4.78, 5) is 28.8. The molecule has 152 valence electrons. The summed E-state index contributed by atoms with van der Waals surface area (Å²) >= 11 is 2.76. The van der Waals surface area contributed by atoms with Crippen molar-refractivity contribution >= 4 is 47.9 Å². The van der Waals surface area contributed by atoms with E-state index < -0.39 is 23.3 Å². The maximum atomic E-state index is 12.6. The number of ether oxygens (including phenoxy) is 2. The predicted molar refractivity (Wildman–Crippen MR) is 109 cm³/mol. The smallest absolute Gasteiger partial charge is 0.375 e. The molecule has 0 aromatic carbocycles. The molecule has 0 radical (unpaired) electrons. The van der Waals surface area contributed by atoms with Gasteiger partial charge < -0.3 is 24.4 Å². The molecule has 1 rings (SSSR count). The minimum absolute atomic E-state index is 0. The van der Waals surface area contributed by atoms with Crippen molar-refractivity contribution in [3.63, 3.8) is 0 Å². The summed E-state index contributed by atoms with van der Waals surface area (Å²) in [6.07, 6.45) is 0. The molecule has 1 aliphatic rings. The molecule has 1 unspecified atom stereocenters. The fourth-order valence-electron chi connectivity index (χ4n) is 2.05. The Hall–Kier alpha value is -0.610. The van der Waals surface area contributed by atoms with E-state index in [1.807, 2.05) is 38.0 Å². The quantitative estimate of drug-likeness (QED) is 0.390. The molecule has 1 atom stereocenters. The molecule has 7 nitrogen and oxygen atoms in total. The molecule has 1 heterocycles. The highest BCUT2D eigenvalue weighted by Crippen LogP contribution is 2.42. The third-order valence-corrected chi connectivity index (χ3v) is 5.70. The van der Waals surface area contributed by atoms with Gasteiger partial charge in [-0.1, -0.05) is 0 Å². The summed E-state index contributed by atoms with van der Waals surface area (Å²) in [6, 6.07) is 0. The lowest BCUT2D eigenvalue weighted by Crippen LogP contribution is -2.45. The van der Waals surface area contributed by atoms with E-state index in [0.29, 0.717) is 5.75 Å². The Kier molecular flexibility index (Phi) is 11.7. The summed E-state index contributed by atoms with van der Waals surface area (Å²) in [5, 5.41) is 10.2. The van der Waals surface area contributed by atoms with Crippen molar-refractivity contribution in [2.75, 3.05) is 65.1 Å². The van der Waals surface area contributed by atoms with E-state index in [1.165, 1.54) is 23.5 Å². The van der Waals surface area contributed by atoms with Crippen molar-refractivity contribution < 1.29 is 24.2 Å². The van der Waals surface area contributed by atoms with Crippen molar-refractivity contribution in [2.24, 2.45) is 0 Å². The number of rotatable bonds is 11. The van der Waals surface area contributed by atoms with Crippen molar-refractivity contribution in [3.8, 4) is 0 Å². The van der Waals surface area contributed by atoms with E-state index >= 15 is 0 Å². The number of carbonyl (C=O) groups excluding carboxylic acids is 2. The predicted octanol–water partition coefficient (Wildman–Crippen LogP) is 1.63. The van der Waals surface area contributed by atoms with E-state index in [0.717, 1.165) is 18.8 Å². The first-order valence-electron chi connectivity index (χ1n) is 8.09. The molecule has 10 heteroatoms. The molecule has 0 saturated heterocycles. The standard InChI is InChI=1S/C16H28N2O5S2.ClH/c1-6-22-15(21)16(11-24-9-7-17(2)3)13(12(19)14(20)23-16)25-10-8-18(4)5;/h19H,6-11H2,1-5H3;1H. The number of thioether (sulfide) groups is 2. The number of carbonyl (C=O) groups is 2. The minimum atomic E-state index is -1.55. The number of hydrogen-bond acceptors (Lipinski definition) is 9. The van der Waals surface area contributed by atoms with Crippen LogP contribution >= 0.6 is 35.9 Å². The highest BCUT2D eigenvalue weighted by molar-refractivity contribution is 8.03. The highest BCUT2D eigenvalue weighted by Gasteiger charge is 2.55. The average Bonchev–Trinajstić information content (AvgIpc) is 2.77. The highest BCUT2D eigenvalue weighted by atomic mass is 35.5. The number of hydrogen-bond donors (Lipinski definition) is 1. The largest absolute Gasteiger partial charge is 0.501 e. The third kappa shape index (κ3) is 6.84. The summed E-state index contributed by atoms with van der Waals surface area (Å²) in [5.74, 6) is -0.371. The van der Waals surface area contributed by atoms with E-state index in [-0.39, 0.29) is 29.7 Å². The van der Waals surface area contributed by atoms with Crippen LogP contribution in [0.25, 0.3) is 0 Å². The van der Waals surface area contributed by atoms with Crippen LogP contribution in [0.4, 0.5) is 0 Å². The summed E-state index contributed by atoms with van der Waals surface area (Å²) < 4.78 is 10.5. The second kappa shape index (κ2) is 12.0. The maximum absolute atomic E-state index is 12.6. The Morgan fingerprint density at radius 2 is 1.77 bits per heavy atom. The van der Waals surface area contributed by atoms with Gasteiger partial charge in [0.15, 0.2) is 0 Å². The fraction of sp³-hybridized carbons (Fsp3) is 0.750. The first kappa shape index (κ1) is 25.4. The van der Waals surface area contributed by atoms with Gasteiger partial charge in [-0.15, -0.1) is 24.2 Å². The summed E-state index contributed by atoms with van der Waals surface area (Å²) in [7, 11) is 7.79. The van der Waals surface area contributed by atoms with E-state index in [9.17, 15) is 14.7 Å². The first-order valence-corrected chi connectivity index (χ1v) is 10.2. The zero-order chi connectivity index (χ0) is 19.0. The summed E-state index contributed by atoms with van der Waals surface area (Å²) in [5.41, 5.74) is -1.55. The monoisotopic (exact) mass is 428 g/mol. The van der Waals surface area contributed by atoms with Crippen LogP contribution in [0.3, 0.4) is 0 Å². The van der Waals surface area contributed by atoms with Gasteiger partial charge in [-0.05, 0) is 35.1 Å². The van der Waals surface area contributed by atoms with Gasteiger partial charge in [0.2, 0.25) is 5.76 Å². The number of halogens is 1. The van der Waals surface area contributed by atoms with Crippen LogP contribution < -0.4 is 0 Å². The normalized spacial score (nSPS) is 19.7. The minimum Gasteiger partial charge on any atom is -0.501 e. The second-order valence-electron chi connectivity index (χ2n) is 6.12. The van der Waals surface area contributed by atoms with Crippen molar-refractivity contribution in [1.29, 1.82) is 0 Å². The van der Waals surface area contributed by atoms with E-state index in [1.54, 1.807) is 6.92 Å². The lowest BCUT2D eigenvalue weighted by Gasteiger charge is -2.27. The van der Waals surface area contributed by atoms with Gasteiger partial charge in [0.25, 0.3) is 5.60 Å². The fourth-order valence-corrected chi connectivity index (χ4v) is 4.70. The maximum Gasteiger partial charge on any atom is 0.375 e. The van der Waals surface area contributed by atoms with Crippen molar-refractivity contribution in [1.82, 2.24) is 9.80 Å². The van der Waals surface area contributed by atoms with Crippen LogP contribution in [-0.2, 0) is 19.1 Å². The third-order valence-electron chi connectivity index (χ3n) is 3.42. The SMILES string of the molecule is CCOC(=O)C1(CSCCN(C)C)OC(=O)C(O)=C1SCCN(C)C.Cl. The van der Waals surface area contributed by atoms with Gasteiger partial charge >= 0.3 is 11.9 Å². The Morgan fingerprint density at radius 1 is 1.19 bits per heavy atom.